The third kappa shape index (κ3) is 5.67. The molecule has 1 rings (SSSR count). The summed E-state index contributed by atoms with van der Waals surface area (Å²) in [5.41, 5.74) is 0.526. The van der Waals surface area contributed by atoms with E-state index in [9.17, 15) is 4.79 Å². The highest BCUT2D eigenvalue weighted by molar-refractivity contribution is 7.13. The summed E-state index contributed by atoms with van der Waals surface area (Å²) in [7, 11) is 0. The zero-order valence-corrected chi connectivity index (χ0v) is 12.7. The van der Waals surface area contributed by atoms with Gasteiger partial charge in [0.05, 0.1) is 13.2 Å². The van der Waals surface area contributed by atoms with Crippen LogP contribution in [0.25, 0.3) is 0 Å². The van der Waals surface area contributed by atoms with Crippen LogP contribution in [0.3, 0.4) is 0 Å². The van der Waals surface area contributed by atoms with E-state index in [1.165, 1.54) is 18.3 Å². The van der Waals surface area contributed by atoms with E-state index in [0.29, 0.717) is 32.1 Å². The molecule has 0 N–H and O–H groups in total. The molecule has 19 heavy (non-hydrogen) atoms. The number of hydrogen-bond acceptors (Lipinski definition) is 6. The third-order valence-corrected chi connectivity index (χ3v) is 3.44. The molecular formula is C13H22N2O3S. The molecule has 0 bridgehead atoms. The Kier molecular flexibility index (Phi) is 7.62. The van der Waals surface area contributed by atoms with E-state index >= 15 is 0 Å². The molecular weight excluding hydrogens is 264 g/mol. The van der Waals surface area contributed by atoms with Crippen LogP contribution >= 0.6 is 11.3 Å². The zero-order valence-electron chi connectivity index (χ0n) is 11.8. The Hall–Kier alpha value is -0.980. The normalized spacial score (nSPS) is 10.7. The minimum Gasteiger partial charge on any atom is -0.380 e. The molecule has 0 fully saturated rings. The molecule has 1 aromatic rings. The van der Waals surface area contributed by atoms with Gasteiger partial charge >= 0.3 is 0 Å². The van der Waals surface area contributed by atoms with Crippen molar-refractivity contribution in [2.24, 2.45) is 0 Å². The average Bonchev–Trinajstić information content (AvgIpc) is 2.87. The van der Waals surface area contributed by atoms with Crippen LogP contribution in [-0.4, -0.2) is 50.3 Å². The highest BCUT2D eigenvalue weighted by atomic mass is 32.1. The summed E-state index contributed by atoms with van der Waals surface area (Å²) in [6, 6.07) is 0. The maximum Gasteiger partial charge on any atom is 0.186 e. The first-order valence-electron chi connectivity index (χ1n) is 6.55. The largest absolute Gasteiger partial charge is 0.380 e. The van der Waals surface area contributed by atoms with Crippen LogP contribution in [0.4, 0.5) is 5.13 Å². The molecule has 0 saturated carbocycles. The Morgan fingerprint density at radius 2 is 1.84 bits per heavy atom. The van der Waals surface area contributed by atoms with Crippen molar-refractivity contribution in [2.75, 3.05) is 44.4 Å². The molecule has 0 aliphatic heterocycles. The highest BCUT2D eigenvalue weighted by Gasteiger charge is 2.13. The van der Waals surface area contributed by atoms with Gasteiger partial charge in [-0.25, -0.2) is 4.98 Å². The Morgan fingerprint density at radius 1 is 1.26 bits per heavy atom. The minimum absolute atomic E-state index is 0.00272. The van der Waals surface area contributed by atoms with E-state index in [1.54, 1.807) is 5.38 Å². The number of anilines is 1. The number of rotatable bonds is 10. The lowest BCUT2D eigenvalue weighted by Gasteiger charge is -2.21. The molecule has 0 spiro atoms. The number of ether oxygens (including phenoxy) is 2. The maximum atomic E-state index is 11.3. The molecule has 0 atom stereocenters. The summed E-state index contributed by atoms with van der Waals surface area (Å²) in [6.45, 7) is 9.70. The van der Waals surface area contributed by atoms with Crippen molar-refractivity contribution in [3.63, 3.8) is 0 Å². The summed E-state index contributed by atoms with van der Waals surface area (Å²) < 4.78 is 10.7. The average molecular weight is 286 g/mol. The van der Waals surface area contributed by atoms with E-state index in [-0.39, 0.29) is 5.78 Å². The van der Waals surface area contributed by atoms with Gasteiger partial charge in [0.25, 0.3) is 0 Å². The minimum atomic E-state index is -0.00272. The van der Waals surface area contributed by atoms with Crippen molar-refractivity contribution in [1.29, 1.82) is 0 Å². The van der Waals surface area contributed by atoms with Crippen molar-refractivity contribution < 1.29 is 14.3 Å². The van der Waals surface area contributed by atoms with Crippen LogP contribution < -0.4 is 4.90 Å². The number of ketones is 1. The first kappa shape index (κ1) is 16.1. The number of aromatic nitrogens is 1. The first-order valence-corrected chi connectivity index (χ1v) is 7.43. The van der Waals surface area contributed by atoms with Crippen LogP contribution in [-0.2, 0) is 9.47 Å². The van der Waals surface area contributed by atoms with Crippen LogP contribution in [0.1, 0.15) is 31.3 Å². The summed E-state index contributed by atoms with van der Waals surface area (Å²) in [4.78, 5) is 17.7. The Bertz CT molecular complexity index is 372. The lowest BCUT2D eigenvalue weighted by Crippen LogP contribution is -2.31. The predicted molar refractivity (Wildman–Crippen MR) is 77.3 cm³/mol. The van der Waals surface area contributed by atoms with Gasteiger partial charge in [-0.05, 0) is 13.8 Å². The van der Waals surface area contributed by atoms with Gasteiger partial charge in [-0.15, -0.1) is 11.3 Å². The van der Waals surface area contributed by atoms with Crippen molar-refractivity contribution in [2.45, 2.75) is 20.8 Å². The van der Waals surface area contributed by atoms with Crippen LogP contribution in [0.2, 0.25) is 0 Å². The summed E-state index contributed by atoms with van der Waals surface area (Å²) in [5, 5.41) is 2.65. The van der Waals surface area contributed by atoms with Crippen molar-refractivity contribution >= 4 is 22.3 Å². The van der Waals surface area contributed by atoms with Gasteiger partial charge in [0.15, 0.2) is 10.9 Å². The molecule has 5 nitrogen and oxygen atoms in total. The van der Waals surface area contributed by atoms with Crippen LogP contribution in [0.15, 0.2) is 5.38 Å². The number of nitrogens with zero attached hydrogens (tertiary/aromatic N) is 2. The van der Waals surface area contributed by atoms with E-state index in [4.69, 9.17) is 9.47 Å². The summed E-state index contributed by atoms with van der Waals surface area (Å²) in [5.74, 6) is -0.00272. The Labute approximate surface area is 118 Å². The second-order valence-corrected chi connectivity index (χ2v) is 4.79. The van der Waals surface area contributed by atoms with Gasteiger partial charge in [-0.2, -0.15) is 0 Å². The third-order valence-electron chi connectivity index (χ3n) is 2.54. The smallest absolute Gasteiger partial charge is 0.186 e. The lowest BCUT2D eigenvalue weighted by atomic mass is 10.4. The van der Waals surface area contributed by atoms with E-state index in [2.05, 4.69) is 9.88 Å². The van der Waals surface area contributed by atoms with Gasteiger partial charge in [0.2, 0.25) is 0 Å². The number of carbonyl (C=O) groups excluding carboxylic acids is 1. The van der Waals surface area contributed by atoms with E-state index in [0.717, 1.165) is 18.2 Å². The SMILES string of the molecule is CCOCCN(CCOCC)c1nc(C(C)=O)cs1. The van der Waals surface area contributed by atoms with Gasteiger partial charge < -0.3 is 14.4 Å². The monoisotopic (exact) mass is 286 g/mol. The molecule has 0 saturated heterocycles. The summed E-state index contributed by atoms with van der Waals surface area (Å²) >= 11 is 1.48. The number of Topliss-reactive ketones (excluding diaryl/α,β-unsaturated/α-hetero) is 1. The molecule has 0 aliphatic carbocycles. The van der Waals surface area contributed by atoms with Crippen LogP contribution in [0.5, 0.6) is 0 Å². The molecule has 1 aromatic heterocycles. The molecule has 0 unspecified atom stereocenters. The molecule has 0 radical (unpaired) electrons. The molecule has 1 heterocycles. The predicted octanol–water partition coefficient (Wildman–Crippen LogP) is 2.23. The molecule has 0 aromatic carbocycles. The zero-order chi connectivity index (χ0) is 14.1. The van der Waals surface area contributed by atoms with Gasteiger partial charge in [0, 0.05) is 38.6 Å². The second kappa shape index (κ2) is 9.01. The first-order chi connectivity index (χ1) is 9.19. The quantitative estimate of drug-likeness (QED) is 0.487. The standard InChI is InChI=1S/C13H22N2O3S/c1-4-17-8-6-15(7-9-18-5-2)13-14-12(10-19-13)11(3)16/h10H,4-9H2,1-3H3. The van der Waals surface area contributed by atoms with Crippen molar-refractivity contribution in [3.05, 3.63) is 11.1 Å². The Balaban J connectivity index is 2.61. The Morgan fingerprint density at radius 3 is 2.26 bits per heavy atom. The van der Waals surface area contributed by atoms with E-state index in [1.807, 2.05) is 13.8 Å². The number of thiazole rings is 1. The molecule has 6 heteroatoms. The van der Waals surface area contributed by atoms with Crippen molar-refractivity contribution in [3.8, 4) is 0 Å². The maximum absolute atomic E-state index is 11.3. The van der Waals surface area contributed by atoms with Gasteiger partial charge in [0.1, 0.15) is 5.69 Å². The van der Waals surface area contributed by atoms with Crippen molar-refractivity contribution in [1.82, 2.24) is 4.98 Å². The second-order valence-electron chi connectivity index (χ2n) is 3.95. The van der Waals surface area contributed by atoms with Crippen LogP contribution in [0, 0.1) is 0 Å². The number of hydrogen-bond donors (Lipinski definition) is 0. The lowest BCUT2D eigenvalue weighted by molar-refractivity contribution is 0.101. The molecule has 0 amide bonds. The molecule has 0 aliphatic rings. The summed E-state index contributed by atoms with van der Waals surface area (Å²) in [6.07, 6.45) is 0. The van der Waals surface area contributed by atoms with Gasteiger partial charge in [-0.3, -0.25) is 4.79 Å². The topological polar surface area (TPSA) is 51.7 Å². The van der Waals surface area contributed by atoms with Gasteiger partial charge in [-0.1, -0.05) is 0 Å². The fourth-order valence-corrected chi connectivity index (χ4v) is 2.43. The van der Waals surface area contributed by atoms with E-state index < -0.39 is 0 Å². The fourth-order valence-electron chi connectivity index (χ4n) is 1.51. The number of carbonyl (C=O) groups is 1. The molecule has 108 valence electrons. The highest BCUT2D eigenvalue weighted by Crippen LogP contribution is 2.20. The fraction of sp³-hybridized carbons (Fsp3) is 0.692.